The fraction of sp³-hybridized carbons (Fsp3) is 0.409. The molecule has 1 aliphatic rings. The summed E-state index contributed by atoms with van der Waals surface area (Å²) in [4.78, 5) is 39.7. The van der Waals surface area contributed by atoms with E-state index >= 15 is 0 Å². The van der Waals surface area contributed by atoms with Gasteiger partial charge in [-0.25, -0.2) is 13.2 Å². The van der Waals surface area contributed by atoms with Crippen LogP contribution in [-0.4, -0.2) is 67.8 Å². The summed E-state index contributed by atoms with van der Waals surface area (Å²) in [7, 11) is -3.64. The Labute approximate surface area is 192 Å². The average molecular weight is 478 g/mol. The normalized spacial score (nSPS) is 15.6. The summed E-state index contributed by atoms with van der Waals surface area (Å²) < 4.78 is 37.2. The second-order valence-electron chi connectivity index (χ2n) is 7.76. The van der Waals surface area contributed by atoms with E-state index in [1.54, 1.807) is 13.8 Å². The molecule has 0 bridgehead atoms. The number of Topliss-reactive ketones (excluding diaryl/α,β-unsaturated/α-hetero) is 1. The van der Waals surface area contributed by atoms with Crippen LogP contribution in [0.5, 0.6) is 0 Å². The van der Waals surface area contributed by atoms with E-state index in [-0.39, 0.29) is 29.5 Å². The van der Waals surface area contributed by atoms with Crippen molar-refractivity contribution in [2.24, 2.45) is 0 Å². The molecular weight excluding hydrogens is 450 g/mol. The number of sulfonamides is 1. The van der Waals surface area contributed by atoms with E-state index in [4.69, 9.17) is 9.47 Å². The van der Waals surface area contributed by atoms with Crippen LogP contribution in [0.2, 0.25) is 0 Å². The molecule has 33 heavy (non-hydrogen) atoms. The van der Waals surface area contributed by atoms with Crippen LogP contribution in [0.3, 0.4) is 0 Å². The number of aryl methyl sites for hydroxylation is 1. The minimum atomic E-state index is -3.64. The molecule has 1 saturated heterocycles. The molecule has 2 heterocycles. The summed E-state index contributed by atoms with van der Waals surface area (Å²) in [5.74, 6) is -1.51. The van der Waals surface area contributed by atoms with Crippen LogP contribution in [0.25, 0.3) is 0 Å². The number of nitrogens with zero attached hydrogens (tertiary/aromatic N) is 1. The summed E-state index contributed by atoms with van der Waals surface area (Å²) in [6.45, 7) is 7.42. The van der Waals surface area contributed by atoms with Gasteiger partial charge >= 0.3 is 5.97 Å². The number of aromatic nitrogens is 1. The molecule has 2 aromatic rings. The van der Waals surface area contributed by atoms with Crippen LogP contribution in [0.1, 0.15) is 46.0 Å². The first-order chi connectivity index (χ1) is 15.5. The van der Waals surface area contributed by atoms with Crippen molar-refractivity contribution in [3.63, 3.8) is 0 Å². The Balaban J connectivity index is 1.63. The molecule has 0 saturated carbocycles. The number of hydrogen-bond acceptors (Lipinski definition) is 7. The van der Waals surface area contributed by atoms with Gasteiger partial charge in [-0.3, -0.25) is 9.59 Å². The fourth-order valence-electron chi connectivity index (χ4n) is 3.65. The lowest BCUT2D eigenvalue weighted by molar-refractivity contribution is -0.123. The molecule has 11 heteroatoms. The number of ether oxygens (including phenoxy) is 2. The molecule has 10 nitrogen and oxygen atoms in total. The number of anilines is 1. The Morgan fingerprint density at radius 1 is 1.12 bits per heavy atom. The number of esters is 1. The molecule has 2 N–H and O–H groups in total. The summed E-state index contributed by atoms with van der Waals surface area (Å²) in [6.07, 6.45) is -1.13. The first-order valence-corrected chi connectivity index (χ1v) is 11.9. The Morgan fingerprint density at radius 2 is 1.73 bits per heavy atom. The molecule has 3 rings (SSSR count). The predicted octanol–water partition coefficient (Wildman–Crippen LogP) is 2.04. The zero-order valence-corrected chi connectivity index (χ0v) is 19.7. The third-order valence-corrected chi connectivity index (χ3v) is 7.29. The molecule has 0 spiro atoms. The van der Waals surface area contributed by atoms with Gasteiger partial charge in [0.2, 0.25) is 10.0 Å². The molecule has 1 fully saturated rings. The highest BCUT2D eigenvalue weighted by Gasteiger charge is 2.27. The van der Waals surface area contributed by atoms with E-state index in [2.05, 4.69) is 10.3 Å². The number of morpholine rings is 1. The van der Waals surface area contributed by atoms with Crippen molar-refractivity contribution < 1.29 is 32.3 Å². The van der Waals surface area contributed by atoms with E-state index < -0.39 is 28.0 Å². The number of nitrogens with one attached hydrogen (secondary N) is 2. The standard InChI is InChI=1S/C22H27N3O7S/c1-13-19(15(3)26)14(2)23-20(13)22(28)32-16(4)21(27)24-17-5-7-18(8-6-17)33(29,30)25-9-11-31-12-10-25/h5-8,16,23H,9-12H2,1-4H3,(H,24,27)/t16-/m0/s1. The molecule has 1 aromatic heterocycles. The summed E-state index contributed by atoms with van der Waals surface area (Å²) in [5.41, 5.74) is 1.92. The van der Waals surface area contributed by atoms with Crippen LogP contribution in [0, 0.1) is 13.8 Å². The van der Waals surface area contributed by atoms with Gasteiger partial charge in [-0.2, -0.15) is 4.31 Å². The average Bonchev–Trinajstić information content (AvgIpc) is 3.08. The largest absolute Gasteiger partial charge is 0.448 e. The van der Waals surface area contributed by atoms with E-state index in [0.29, 0.717) is 35.7 Å². The number of ketones is 1. The number of carbonyl (C=O) groups is 3. The van der Waals surface area contributed by atoms with Gasteiger partial charge in [-0.05, 0) is 57.5 Å². The predicted molar refractivity (Wildman–Crippen MR) is 120 cm³/mol. The quantitative estimate of drug-likeness (QED) is 0.460. The van der Waals surface area contributed by atoms with Crippen LogP contribution >= 0.6 is 0 Å². The van der Waals surface area contributed by atoms with Crippen molar-refractivity contribution in [2.75, 3.05) is 31.6 Å². The Hall–Kier alpha value is -3.02. The lowest BCUT2D eigenvalue weighted by Gasteiger charge is -2.26. The molecule has 1 aliphatic heterocycles. The summed E-state index contributed by atoms with van der Waals surface area (Å²) in [5, 5.41) is 2.60. The monoisotopic (exact) mass is 477 g/mol. The topological polar surface area (TPSA) is 135 Å². The molecule has 0 radical (unpaired) electrons. The minimum Gasteiger partial charge on any atom is -0.448 e. The zero-order valence-electron chi connectivity index (χ0n) is 18.9. The van der Waals surface area contributed by atoms with Crippen LogP contribution in [0.4, 0.5) is 5.69 Å². The maximum atomic E-state index is 12.7. The smallest absolute Gasteiger partial charge is 0.355 e. The number of benzene rings is 1. The number of hydrogen-bond donors (Lipinski definition) is 2. The number of rotatable bonds is 7. The van der Waals surface area contributed by atoms with Crippen molar-refractivity contribution in [2.45, 2.75) is 38.7 Å². The Kier molecular flexibility index (Phi) is 7.35. The maximum absolute atomic E-state index is 12.7. The van der Waals surface area contributed by atoms with Gasteiger partial charge < -0.3 is 19.8 Å². The van der Waals surface area contributed by atoms with Crippen LogP contribution in [0.15, 0.2) is 29.2 Å². The van der Waals surface area contributed by atoms with Crippen molar-refractivity contribution in [3.05, 3.63) is 46.8 Å². The molecule has 178 valence electrons. The highest BCUT2D eigenvalue weighted by Crippen LogP contribution is 2.21. The van der Waals surface area contributed by atoms with Gasteiger partial charge in [-0.15, -0.1) is 0 Å². The van der Waals surface area contributed by atoms with Gasteiger partial charge in [-0.1, -0.05) is 0 Å². The van der Waals surface area contributed by atoms with E-state index in [1.165, 1.54) is 42.4 Å². The number of aromatic amines is 1. The van der Waals surface area contributed by atoms with Crippen LogP contribution in [-0.2, 0) is 24.3 Å². The molecule has 0 aliphatic carbocycles. The first-order valence-electron chi connectivity index (χ1n) is 10.4. The minimum absolute atomic E-state index is 0.112. The second kappa shape index (κ2) is 9.86. The van der Waals surface area contributed by atoms with E-state index in [9.17, 15) is 22.8 Å². The summed E-state index contributed by atoms with van der Waals surface area (Å²) >= 11 is 0. The lowest BCUT2D eigenvalue weighted by atomic mass is 10.1. The summed E-state index contributed by atoms with van der Waals surface area (Å²) in [6, 6.07) is 5.76. The van der Waals surface area contributed by atoms with Crippen molar-refractivity contribution in [1.82, 2.24) is 9.29 Å². The van der Waals surface area contributed by atoms with Gasteiger partial charge in [0.05, 0.1) is 18.1 Å². The molecule has 1 amide bonds. The van der Waals surface area contributed by atoms with Crippen molar-refractivity contribution in [1.29, 1.82) is 0 Å². The molecule has 1 aromatic carbocycles. The van der Waals surface area contributed by atoms with Crippen molar-refractivity contribution in [3.8, 4) is 0 Å². The van der Waals surface area contributed by atoms with Gasteiger partial charge in [0.15, 0.2) is 11.9 Å². The van der Waals surface area contributed by atoms with Crippen molar-refractivity contribution >= 4 is 33.4 Å². The third-order valence-electron chi connectivity index (χ3n) is 5.38. The van der Waals surface area contributed by atoms with E-state index in [0.717, 1.165) is 0 Å². The van der Waals surface area contributed by atoms with E-state index in [1.807, 2.05) is 0 Å². The van der Waals surface area contributed by atoms with Gasteiger partial charge in [0.1, 0.15) is 5.69 Å². The third kappa shape index (κ3) is 5.32. The van der Waals surface area contributed by atoms with Gasteiger partial charge in [0, 0.05) is 30.0 Å². The SMILES string of the molecule is CC(=O)c1c(C)[nH]c(C(=O)O[C@@H](C)C(=O)Nc2ccc(S(=O)(=O)N3CCOCC3)cc2)c1C. The highest BCUT2D eigenvalue weighted by atomic mass is 32.2. The lowest BCUT2D eigenvalue weighted by Crippen LogP contribution is -2.40. The highest BCUT2D eigenvalue weighted by molar-refractivity contribution is 7.89. The molecule has 0 unspecified atom stereocenters. The number of H-pyrrole nitrogens is 1. The Bertz CT molecular complexity index is 1160. The molecule has 1 atom stereocenters. The number of carbonyl (C=O) groups excluding carboxylic acids is 3. The molecular formula is C22H27N3O7S. The van der Waals surface area contributed by atoms with Gasteiger partial charge in [0.25, 0.3) is 5.91 Å². The maximum Gasteiger partial charge on any atom is 0.355 e. The first kappa shape index (κ1) is 24.6. The van der Waals surface area contributed by atoms with Crippen LogP contribution < -0.4 is 5.32 Å². The Morgan fingerprint density at radius 3 is 2.27 bits per heavy atom. The second-order valence-corrected chi connectivity index (χ2v) is 9.70. The number of amides is 1. The zero-order chi connectivity index (χ0) is 24.3. The fourth-order valence-corrected chi connectivity index (χ4v) is 5.05.